The standard InChI is InChI=1S/C12H24N2O3S/c1-16-6-4-14(5-7-17-2)12(15)9-11-10-18-8-3-13-11/h11,13H,3-10H2,1-2H3. The number of hydrogen-bond acceptors (Lipinski definition) is 5. The quantitative estimate of drug-likeness (QED) is 0.686. The smallest absolute Gasteiger partial charge is 0.224 e. The van der Waals surface area contributed by atoms with E-state index >= 15 is 0 Å². The van der Waals surface area contributed by atoms with Gasteiger partial charge in [-0.2, -0.15) is 11.8 Å². The highest BCUT2D eigenvalue weighted by Crippen LogP contribution is 2.11. The highest BCUT2D eigenvalue weighted by Gasteiger charge is 2.20. The molecule has 5 nitrogen and oxygen atoms in total. The van der Waals surface area contributed by atoms with Crippen LogP contribution in [0.4, 0.5) is 0 Å². The third-order valence-corrected chi connectivity index (χ3v) is 4.03. The molecule has 0 saturated carbocycles. The molecule has 1 atom stereocenters. The summed E-state index contributed by atoms with van der Waals surface area (Å²) in [4.78, 5) is 14.0. The summed E-state index contributed by atoms with van der Waals surface area (Å²) in [5, 5.41) is 3.39. The molecule has 6 heteroatoms. The van der Waals surface area contributed by atoms with Crippen molar-refractivity contribution in [3.63, 3.8) is 0 Å². The van der Waals surface area contributed by atoms with Crippen LogP contribution < -0.4 is 5.32 Å². The molecule has 1 saturated heterocycles. The number of rotatable bonds is 8. The molecule has 1 unspecified atom stereocenters. The first-order chi connectivity index (χ1) is 8.77. The van der Waals surface area contributed by atoms with Crippen LogP contribution in [0, 0.1) is 0 Å². The number of ether oxygens (including phenoxy) is 2. The van der Waals surface area contributed by atoms with Gasteiger partial charge in [-0.3, -0.25) is 4.79 Å². The molecule has 0 aromatic heterocycles. The van der Waals surface area contributed by atoms with Gasteiger partial charge in [0.15, 0.2) is 0 Å². The molecule has 106 valence electrons. The van der Waals surface area contributed by atoms with Gasteiger partial charge in [-0.05, 0) is 0 Å². The molecule has 1 aliphatic heterocycles. The number of carbonyl (C=O) groups excluding carboxylic acids is 1. The fourth-order valence-corrected chi connectivity index (χ4v) is 2.80. The molecule has 1 heterocycles. The van der Waals surface area contributed by atoms with Crippen molar-refractivity contribution >= 4 is 17.7 Å². The topological polar surface area (TPSA) is 50.8 Å². The first-order valence-electron chi connectivity index (χ1n) is 6.34. The van der Waals surface area contributed by atoms with Crippen LogP contribution in [-0.2, 0) is 14.3 Å². The second kappa shape index (κ2) is 9.61. The molecule has 0 aromatic carbocycles. The van der Waals surface area contributed by atoms with Gasteiger partial charge >= 0.3 is 0 Å². The Balaban J connectivity index is 2.35. The van der Waals surface area contributed by atoms with Crippen molar-refractivity contribution in [1.29, 1.82) is 0 Å². The predicted octanol–water partition coefficient (Wildman–Crippen LogP) is 0.203. The van der Waals surface area contributed by atoms with Crippen LogP contribution in [0.3, 0.4) is 0 Å². The molecule has 18 heavy (non-hydrogen) atoms. The van der Waals surface area contributed by atoms with Gasteiger partial charge in [-0.25, -0.2) is 0 Å². The Morgan fingerprint density at radius 1 is 1.33 bits per heavy atom. The lowest BCUT2D eigenvalue weighted by molar-refractivity contribution is -0.132. The van der Waals surface area contributed by atoms with E-state index in [1.54, 1.807) is 14.2 Å². The number of thioether (sulfide) groups is 1. The van der Waals surface area contributed by atoms with E-state index < -0.39 is 0 Å². The summed E-state index contributed by atoms with van der Waals surface area (Å²) in [5.41, 5.74) is 0. The van der Waals surface area contributed by atoms with Gasteiger partial charge in [0.25, 0.3) is 0 Å². The fourth-order valence-electron chi connectivity index (χ4n) is 1.85. The molecule has 1 amide bonds. The fraction of sp³-hybridized carbons (Fsp3) is 0.917. The summed E-state index contributed by atoms with van der Waals surface area (Å²) in [6, 6.07) is 0.309. The summed E-state index contributed by atoms with van der Waals surface area (Å²) < 4.78 is 10.1. The van der Waals surface area contributed by atoms with E-state index in [1.807, 2.05) is 16.7 Å². The molecule has 0 aliphatic carbocycles. The van der Waals surface area contributed by atoms with Gasteiger partial charge in [0.1, 0.15) is 0 Å². The number of hydrogen-bond donors (Lipinski definition) is 1. The van der Waals surface area contributed by atoms with E-state index in [0.29, 0.717) is 38.8 Å². The predicted molar refractivity (Wildman–Crippen MR) is 74.1 cm³/mol. The maximum atomic E-state index is 12.2. The van der Waals surface area contributed by atoms with Crippen LogP contribution in [-0.4, -0.2) is 75.4 Å². The van der Waals surface area contributed by atoms with Crippen molar-refractivity contribution < 1.29 is 14.3 Å². The maximum Gasteiger partial charge on any atom is 0.224 e. The van der Waals surface area contributed by atoms with Crippen molar-refractivity contribution in [1.82, 2.24) is 10.2 Å². The zero-order valence-electron chi connectivity index (χ0n) is 11.3. The van der Waals surface area contributed by atoms with E-state index in [9.17, 15) is 4.79 Å². The maximum absolute atomic E-state index is 12.2. The van der Waals surface area contributed by atoms with Gasteiger partial charge in [-0.1, -0.05) is 0 Å². The summed E-state index contributed by atoms with van der Waals surface area (Å²) >= 11 is 1.91. The summed E-state index contributed by atoms with van der Waals surface area (Å²) in [6.07, 6.45) is 0.570. The Labute approximate surface area is 114 Å². The second-order valence-electron chi connectivity index (χ2n) is 4.30. The SMILES string of the molecule is COCCN(CCOC)C(=O)CC1CSCCN1. The zero-order valence-corrected chi connectivity index (χ0v) is 12.1. The number of amides is 1. The Bertz CT molecular complexity index is 227. The van der Waals surface area contributed by atoms with Gasteiger partial charge in [0.05, 0.1) is 13.2 Å². The normalized spacial score (nSPS) is 19.8. The van der Waals surface area contributed by atoms with E-state index in [0.717, 1.165) is 18.1 Å². The van der Waals surface area contributed by atoms with Crippen molar-refractivity contribution in [2.24, 2.45) is 0 Å². The number of nitrogens with zero attached hydrogens (tertiary/aromatic N) is 1. The average molecular weight is 276 g/mol. The van der Waals surface area contributed by atoms with Crippen LogP contribution in [0.25, 0.3) is 0 Å². The molecule has 0 bridgehead atoms. The van der Waals surface area contributed by atoms with Crippen LogP contribution in [0.15, 0.2) is 0 Å². The summed E-state index contributed by atoms with van der Waals surface area (Å²) in [7, 11) is 3.30. The Hall–Kier alpha value is -0.300. The Morgan fingerprint density at radius 2 is 2.00 bits per heavy atom. The van der Waals surface area contributed by atoms with E-state index in [4.69, 9.17) is 9.47 Å². The lowest BCUT2D eigenvalue weighted by Gasteiger charge is -2.27. The van der Waals surface area contributed by atoms with Gasteiger partial charge in [-0.15, -0.1) is 0 Å². The largest absolute Gasteiger partial charge is 0.383 e. The molecule has 1 N–H and O–H groups in total. The molecule has 1 rings (SSSR count). The molecule has 0 radical (unpaired) electrons. The minimum Gasteiger partial charge on any atom is -0.383 e. The highest BCUT2D eigenvalue weighted by atomic mass is 32.2. The van der Waals surface area contributed by atoms with E-state index in [1.165, 1.54) is 0 Å². The molecule has 0 spiro atoms. The van der Waals surface area contributed by atoms with Crippen LogP contribution >= 0.6 is 11.8 Å². The first kappa shape index (κ1) is 15.8. The number of methoxy groups -OCH3 is 2. The third kappa shape index (κ3) is 6.04. The van der Waals surface area contributed by atoms with E-state index in [2.05, 4.69) is 5.32 Å². The second-order valence-corrected chi connectivity index (χ2v) is 5.45. The Kier molecular flexibility index (Phi) is 8.41. The van der Waals surface area contributed by atoms with E-state index in [-0.39, 0.29) is 5.91 Å². The summed E-state index contributed by atoms with van der Waals surface area (Å²) in [5.74, 6) is 2.35. The molecular weight excluding hydrogens is 252 g/mol. The van der Waals surface area contributed by atoms with Crippen molar-refractivity contribution in [2.45, 2.75) is 12.5 Å². The lowest BCUT2D eigenvalue weighted by atomic mass is 10.2. The van der Waals surface area contributed by atoms with Crippen LogP contribution in [0.2, 0.25) is 0 Å². The minimum atomic E-state index is 0.184. The monoisotopic (exact) mass is 276 g/mol. The highest BCUT2D eigenvalue weighted by molar-refractivity contribution is 7.99. The van der Waals surface area contributed by atoms with Crippen LogP contribution in [0.1, 0.15) is 6.42 Å². The minimum absolute atomic E-state index is 0.184. The number of carbonyl (C=O) groups is 1. The number of nitrogens with one attached hydrogen (secondary N) is 1. The zero-order chi connectivity index (χ0) is 13.2. The molecule has 1 aliphatic rings. The summed E-state index contributed by atoms with van der Waals surface area (Å²) in [6.45, 7) is 3.42. The Morgan fingerprint density at radius 3 is 2.50 bits per heavy atom. The third-order valence-electron chi connectivity index (χ3n) is 2.90. The van der Waals surface area contributed by atoms with Crippen molar-refractivity contribution in [3.8, 4) is 0 Å². The van der Waals surface area contributed by atoms with Crippen molar-refractivity contribution in [3.05, 3.63) is 0 Å². The van der Waals surface area contributed by atoms with Gasteiger partial charge < -0.3 is 19.7 Å². The molecule has 1 fully saturated rings. The first-order valence-corrected chi connectivity index (χ1v) is 7.50. The average Bonchev–Trinajstić information content (AvgIpc) is 2.40. The van der Waals surface area contributed by atoms with Crippen LogP contribution in [0.5, 0.6) is 0 Å². The molecular formula is C12H24N2O3S. The van der Waals surface area contributed by atoms with Gasteiger partial charge in [0, 0.05) is 57.8 Å². The lowest BCUT2D eigenvalue weighted by Crippen LogP contribution is -2.44. The van der Waals surface area contributed by atoms with Gasteiger partial charge in [0.2, 0.25) is 5.91 Å². The van der Waals surface area contributed by atoms with Crippen molar-refractivity contribution in [2.75, 3.05) is 58.6 Å². The molecule has 0 aromatic rings.